The van der Waals surface area contributed by atoms with Gasteiger partial charge in [0.15, 0.2) is 6.29 Å². The molecule has 1 rings (SSSR count). The number of hydrogen-bond acceptors (Lipinski definition) is 5. The van der Waals surface area contributed by atoms with Crippen molar-refractivity contribution in [3.63, 3.8) is 0 Å². The Morgan fingerprint density at radius 3 is 2.38 bits per heavy atom. The summed E-state index contributed by atoms with van der Waals surface area (Å²) in [6, 6.07) is 2.50. The molecule has 0 saturated carbocycles. The van der Waals surface area contributed by atoms with Gasteiger partial charge in [0.25, 0.3) is 0 Å². The lowest BCUT2D eigenvalue weighted by Crippen LogP contribution is -2.53. The van der Waals surface area contributed by atoms with Crippen LogP contribution in [0.3, 0.4) is 0 Å². The van der Waals surface area contributed by atoms with E-state index in [2.05, 4.69) is 10.3 Å². The average Bonchev–Trinajstić information content (AvgIpc) is 2.59. The molecule has 8 heteroatoms. The first-order valence-electron chi connectivity index (χ1n) is 8.81. The molecule has 1 atom stereocenters. The van der Waals surface area contributed by atoms with Gasteiger partial charge in [-0.25, -0.2) is 4.79 Å². The summed E-state index contributed by atoms with van der Waals surface area (Å²) >= 11 is 0. The molecule has 0 fully saturated rings. The monoisotopic (exact) mass is 367 g/mol. The van der Waals surface area contributed by atoms with Crippen LogP contribution < -0.4 is 5.32 Å². The van der Waals surface area contributed by atoms with Gasteiger partial charge in [0.2, 0.25) is 5.91 Å². The van der Waals surface area contributed by atoms with Gasteiger partial charge in [-0.3, -0.25) is 9.78 Å². The molecule has 0 bridgehead atoms. The number of carboxylic acid groups (broad SMARTS) is 1. The zero-order valence-corrected chi connectivity index (χ0v) is 15.8. The predicted octanol–water partition coefficient (Wildman–Crippen LogP) is 1.90. The fourth-order valence-electron chi connectivity index (χ4n) is 2.55. The second-order valence-corrected chi connectivity index (χ2v) is 5.99. The van der Waals surface area contributed by atoms with E-state index in [0.29, 0.717) is 13.2 Å². The number of nitrogens with one attached hydrogen (secondary N) is 1. The number of nitrogens with zero attached hydrogens (tertiary/aromatic N) is 2. The molecule has 1 heterocycles. The highest BCUT2D eigenvalue weighted by atomic mass is 16.7. The van der Waals surface area contributed by atoms with E-state index in [1.807, 2.05) is 27.7 Å². The molecule has 0 aliphatic carbocycles. The quantitative estimate of drug-likeness (QED) is 0.579. The van der Waals surface area contributed by atoms with E-state index in [4.69, 9.17) is 14.6 Å². The number of carbonyl (C=O) groups excluding carboxylic acids is 1. The van der Waals surface area contributed by atoms with Gasteiger partial charge in [0.1, 0.15) is 6.04 Å². The topological polar surface area (TPSA) is 101 Å². The second-order valence-electron chi connectivity index (χ2n) is 5.99. The van der Waals surface area contributed by atoms with Crippen molar-refractivity contribution in [2.75, 3.05) is 19.8 Å². The molecule has 2 N–H and O–H groups in total. The number of hydrogen-bond donors (Lipinski definition) is 2. The number of aromatic nitrogens is 1. The van der Waals surface area contributed by atoms with Crippen LogP contribution in [-0.2, 0) is 20.7 Å². The SMILES string of the molecule is CCOC(CN(C(=O)C(Cc1cccnc1)NC(=O)O)C(C)C)OCC. The third-order valence-electron chi connectivity index (χ3n) is 3.72. The molecule has 0 aliphatic rings. The first-order chi connectivity index (χ1) is 12.4. The Bertz CT molecular complexity index is 547. The van der Waals surface area contributed by atoms with E-state index in [1.54, 1.807) is 29.4 Å². The van der Waals surface area contributed by atoms with Crippen LogP contribution in [0.5, 0.6) is 0 Å². The lowest BCUT2D eigenvalue weighted by atomic mass is 10.1. The van der Waals surface area contributed by atoms with Crippen LogP contribution in [0.4, 0.5) is 4.79 Å². The molecule has 1 aromatic heterocycles. The van der Waals surface area contributed by atoms with Gasteiger partial charge in [-0.1, -0.05) is 6.07 Å². The minimum absolute atomic E-state index is 0.141. The van der Waals surface area contributed by atoms with E-state index >= 15 is 0 Å². The molecule has 2 amide bonds. The maximum absolute atomic E-state index is 13.0. The third kappa shape index (κ3) is 7.37. The van der Waals surface area contributed by atoms with E-state index in [0.717, 1.165) is 5.56 Å². The molecule has 146 valence electrons. The van der Waals surface area contributed by atoms with Crippen molar-refractivity contribution < 1.29 is 24.2 Å². The van der Waals surface area contributed by atoms with Crippen LogP contribution in [0.15, 0.2) is 24.5 Å². The second kappa shape index (κ2) is 11.4. The lowest BCUT2D eigenvalue weighted by molar-refractivity contribution is -0.162. The average molecular weight is 367 g/mol. The van der Waals surface area contributed by atoms with Gasteiger partial charge in [-0.2, -0.15) is 0 Å². The summed E-state index contributed by atoms with van der Waals surface area (Å²) < 4.78 is 11.1. The van der Waals surface area contributed by atoms with Crippen molar-refractivity contribution in [2.24, 2.45) is 0 Å². The molecule has 8 nitrogen and oxygen atoms in total. The van der Waals surface area contributed by atoms with E-state index in [-0.39, 0.29) is 24.9 Å². The van der Waals surface area contributed by atoms with E-state index < -0.39 is 18.4 Å². The maximum Gasteiger partial charge on any atom is 0.405 e. The van der Waals surface area contributed by atoms with Gasteiger partial charge in [-0.05, 0) is 39.3 Å². The smallest absolute Gasteiger partial charge is 0.405 e. The Kier molecular flexibility index (Phi) is 9.61. The highest BCUT2D eigenvalue weighted by Gasteiger charge is 2.30. The Hall–Kier alpha value is -2.19. The van der Waals surface area contributed by atoms with Crippen LogP contribution in [0.1, 0.15) is 33.3 Å². The van der Waals surface area contributed by atoms with Crippen molar-refractivity contribution in [3.8, 4) is 0 Å². The summed E-state index contributed by atoms with van der Waals surface area (Å²) in [5.74, 6) is -0.323. The summed E-state index contributed by atoms with van der Waals surface area (Å²) in [7, 11) is 0. The van der Waals surface area contributed by atoms with Gasteiger partial charge in [-0.15, -0.1) is 0 Å². The van der Waals surface area contributed by atoms with Crippen LogP contribution in [0.2, 0.25) is 0 Å². The largest absolute Gasteiger partial charge is 0.465 e. The molecule has 0 spiro atoms. The summed E-state index contributed by atoms with van der Waals surface area (Å²) in [5, 5.41) is 11.5. The first-order valence-corrected chi connectivity index (χ1v) is 8.81. The lowest BCUT2D eigenvalue weighted by Gasteiger charge is -2.33. The van der Waals surface area contributed by atoms with E-state index in [1.165, 1.54) is 0 Å². The van der Waals surface area contributed by atoms with Crippen LogP contribution in [0.25, 0.3) is 0 Å². The molecule has 1 aromatic rings. The third-order valence-corrected chi connectivity index (χ3v) is 3.72. The zero-order valence-electron chi connectivity index (χ0n) is 15.8. The molecule has 1 unspecified atom stereocenters. The van der Waals surface area contributed by atoms with Crippen molar-refractivity contribution in [1.29, 1.82) is 0 Å². The molecule has 0 radical (unpaired) electrons. The molecular formula is C18H29N3O5. The zero-order chi connectivity index (χ0) is 19.5. The number of carbonyl (C=O) groups is 2. The standard InChI is InChI=1S/C18H29N3O5/c1-5-25-16(26-6-2)12-21(13(3)4)17(22)15(20-18(23)24)10-14-8-7-9-19-11-14/h7-9,11,13,15-16,20H,5-6,10,12H2,1-4H3,(H,23,24). The summed E-state index contributed by atoms with van der Waals surface area (Å²) in [4.78, 5) is 29.8. The van der Waals surface area contributed by atoms with Crippen molar-refractivity contribution >= 4 is 12.0 Å². The Balaban J connectivity index is 2.96. The van der Waals surface area contributed by atoms with Crippen molar-refractivity contribution in [1.82, 2.24) is 15.2 Å². The van der Waals surface area contributed by atoms with Crippen LogP contribution >= 0.6 is 0 Å². The number of ether oxygens (including phenoxy) is 2. The molecule has 0 aliphatic heterocycles. The number of rotatable bonds is 11. The Labute approximate surface area is 154 Å². The minimum Gasteiger partial charge on any atom is -0.465 e. The molecule has 0 saturated heterocycles. The van der Waals surface area contributed by atoms with E-state index in [9.17, 15) is 9.59 Å². The van der Waals surface area contributed by atoms with Gasteiger partial charge in [0.05, 0.1) is 6.54 Å². The minimum atomic E-state index is -1.25. The van der Waals surface area contributed by atoms with Gasteiger partial charge >= 0.3 is 6.09 Å². The Morgan fingerprint density at radius 1 is 1.27 bits per heavy atom. The summed E-state index contributed by atoms with van der Waals surface area (Å²) in [5.41, 5.74) is 0.773. The fraction of sp³-hybridized carbons (Fsp3) is 0.611. The summed E-state index contributed by atoms with van der Waals surface area (Å²) in [6.07, 6.45) is 1.66. The normalized spacial score (nSPS) is 12.2. The van der Waals surface area contributed by atoms with Crippen molar-refractivity contribution in [2.45, 2.75) is 52.5 Å². The van der Waals surface area contributed by atoms with Crippen LogP contribution in [-0.4, -0.2) is 65.1 Å². The molecule has 0 aromatic carbocycles. The Morgan fingerprint density at radius 2 is 1.92 bits per heavy atom. The summed E-state index contributed by atoms with van der Waals surface area (Å²) in [6.45, 7) is 8.58. The van der Waals surface area contributed by atoms with Gasteiger partial charge in [0, 0.05) is 38.1 Å². The highest BCUT2D eigenvalue weighted by Crippen LogP contribution is 2.11. The molecule has 26 heavy (non-hydrogen) atoms. The highest BCUT2D eigenvalue weighted by molar-refractivity contribution is 5.85. The number of pyridine rings is 1. The predicted molar refractivity (Wildman–Crippen MR) is 96.8 cm³/mol. The van der Waals surface area contributed by atoms with Crippen LogP contribution in [0, 0.1) is 0 Å². The van der Waals surface area contributed by atoms with Crippen molar-refractivity contribution in [3.05, 3.63) is 30.1 Å². The maximum atomic E-state index is 13.0. The van der Waals surface area contributed by atoms with Gasteiger partial charge < -0.3 is 24.8 Å². The fourth-order valence-corrected chi connectivity index (χ4v) is 2.55. The molecular weight excluding hydrogens is 338 g/mol. The number of amides is 2. The first kappa shape index (κ1) is 21.9.